The summed E-state index contributed by atoms with van der Waals surface area (Å²) in [6, 6.07) is 11.9. The molecule has 7 heteroatoms. The van der Waals surface area contributed by atoms with Gasteiger partial charge in [-0.25, -0.2) is 0 Å². The number of aromatic amines is 1. The van der Waals surface area contributed by atoms with Crippen LogP contribution in [0, 0.1) is 12.8 Å². The van der Waals surface area contributed by atoms with Crippen LogP contribution in [0.15, 0.2) is 55.0 Å². The lowest BCUT2D eigenvalue weighted by Gasteiger charge is -2.13. The maximum Gasteiger partial charge on any atom is 0.224 e. The molecule has 3 rings (SSSR count). The van der Waals surface area contributed by atoms with Crippen molar-refractivity contribution in [3.63, 3.8) is 0 Å². The Morgan fingerprint density at radius 1 is 1.13 bits per heavy atom. The van der Waals surface area contributed by atoms with Gasteiger partial charge in [0.15, 0.2) is 0 Å². The average Bonchev–Trinajstić information content (AvgIpc) is 3.21. The maximum absolute atomic E-state index is 12.3. The predicted octanol–water partition coefficient (Wildman–Crippen LogP) is 3.17. The van der Waals surface area contributed by atoms with Crippen molar-refractivity contribution in [2.24, 2.45) is 5.92 Å². The van der Waals surface area contributed by atoms with Crippen LogP contribution in [0.2, 0.25) is 0 Å². The number of nitrogens with one attached hydrogen (secondary N) is 3. The molecule has 2 heterocycles. The van der Waals surface area contributed by atoms with Crippen molar-refractivity contribution in [3.05, 3.63) is 77.4 Å². The van der Waals surface area contributed by atoms with Crippen LogP contribution in [0.4, 0.5) is 0 Å². The number of nitrogens with zero attached hydrogens (tertiary/aromatic N) is 2. The third-order valence-corrected chi connectivity index (χ3v) is 5.16. The number of carbonyl (C=O) groups excluding carboxylic acids is 1. The molecule has 2 aromatic heterocycles. The summed E-state index contributed by atoms with van der Waals surface area (Å²) in [5, 5.41) is 13.3. The average molecular weight is 422 g/mol. The Morgan fingerprint density at radius 3 is 2.61 bits per heavy atom. The number of H-pyrrole nitrogens is 1. The van der Waals surface area contributed by atoms with Crippen LogP contribution in [-0.4, -0.2) is 34.2 Å². The van der Waals surface area contributed by atoms with Crippen LogP contribution in [0.5, 0.6) is 5.75 Å². The minimum absolute atomic E-state index is 0.0799. The summed E-state index contributed by atoms with van der Waals surface area (Å²) < 4.78 is 5.79. The summed E-state index contributed by atoms with van der Waals surface area (Å²) >= 11 is 0. The van der Waals surface area contributed by atoms with Crippen LogP contribution in [0.3, 0.4) is 0 Å². The molecule has 1 atom stereocenters. The minimum Gasteiger partial charge on any atom is -0.489 e. The maximum atomic E-state index is 12.3. The molecule has 0 aliphatic rings. The number of benzene rings is 1. The highest BCUT2D eigenvalue weighted by atomic mass is 16.5. The first-order valence-corrected chi connectivity index (χ1v) is 10.7. The number of aromatic nitrogens is 3. The normalized spacial score (nSPS) is 11.8. The Morgan fingerprint density at radius 2 is 1.90 bits per heavy atom. The Bertz CT molecular complexity index is 925. The highest BCUT2D eigenvalue weighted by molar-refractivity contribution is 5.78. The smallest absolute Gasteiger partial charge is 0.224 e. The Kier molecular flexibility index (Phi) is 8.60. The van der Waals surface area contributed by atoms with Crippen molar-refractivity contribution in [2.75, 3.05) is 13.1 Å². The third kappa shape index (κ3) is 7.53. The van der Waals surface area contributed by atoms with Crippen LogP contribution < -0.4 is 15.4 Å². The van der Waals surface area contributed by atoms with E-state index in [0.29, 0.717) is 26.2 Å². The zero-order valence-corrected chi connectivity index (χ0v) is 18.2. The summed E-state index contributed by atoms with van der Waals surface area (Å²) in [6.07, 6.45) is 7.19. The van der Waals surface area contributed by atoms with Gasteiger partial charge in [-0.3, -0.25) is 14.9 Å². The highest BCUT2D eigenvalue weighted by Gasteiger charge is 2.12. The zero-order valence-electron chi connectivity index (χ0n) is 18.2. The van der Waals surface area contributed by atoms with Crippen molar-refractivity contribution in [3.8, 4) is 5.75 Å². The van der Waals surface area contributed by atoms with Gasteiger partial charge in [0.1, 0.15) is 12.4 Å². The number of amides is 1. The molecule has 3 aromatic rings. The number of aryl methyl sites for hydroxylation is 2. The number of pyridine rings is 1. The van der Waals surface area contributed by atoms with E-state index in [4.69, 9.17) is 4.74 Å². The zero-order chi connectivity index (χ0) is 21.9. The first-order valence-electron chi connectivity index (χ1n) is 10.7. The topological polar surface area (TPSA) is 91.9 Å². The van der Waals surface area contributed by atoms with E-state index in [1.165, 1.54) is 5.56 Å². The second-order valence-corrected chi connectivity index (χ2v) is 7.73. The van der Waals surface area contributed by atoms with E-state index >= 15 is 0 Å². The first kappa shape index (κ1) is 22.5. The molecule has 0 radical (unpaired) electrons. The number of rotatable bonds is 12. The number of ether oxygens (including phenoxy) is 1. The molecule has 3 N–H and O–H groups in total. The molecule has 0 aliphatic carbocycles. The van der Waals surface area contributed by atoms with Gasteiger partial charge >= 0.3 is 0 Å². The van der Waals surface area contributed by atoms with Crippen LogP contribution >= 0.6 is 0 Å². The number of hydrogen-bond donors (Lipinski definition) is 3. The van der Waals surface area contributed by atoms with Crippen LogP contribution in [0.1, 0.15) is 35.7 Å². The van der Waals surface area contributed by atoms with Crippen molar-refractivity contribution in [2.45, 2.75) is 39.8 Å². The van der Waals surface area contributed by atoms with Crippen molar-refractivity contribution < 1.29 is 9.53 Å². The molecule has 0 bridgehead atoms. The van der Waals surface area contributed by atoms with Crippen molar-refractivity contribution in [1.29, 1.82) is 0 Å². The van der Waals surface area contributed by atoms with Crippen LogP contribution in [0.25, 0.3) is 0 Å². The summed E-state index contributed by atoms with van der Waals surface area (Å²) in [5.41, 5.74) is 4.54. The summed E-state index contributed by atoms with van der Waals surface area (Å²) in [6.45, 7) is 6.49. The quantitative estimate of drug-likeness (QED) is 0.391. The predicted molar refractivity (Wildman–Crippen MR) is 121 cm³/mol. The lowest BCUT2D eigenvalue weighted by Crippen LogP contribution is -2.35. The molecule has 0 fully saturated rings. The molecule has 164 valence electrons. The lowest BCUT2D eigenvalue weighted by atomic mass is 10.1. The van der Waals surface area contributed by atoms with Crippen molar-refractivity contribution >= 4 is 5.91 Å². The fourth-order valence-electron chi connectivity index (χ4n) is 3.17. The fourth-order valence-corrected chi connectivity index (χ4v) is 3.17. The fraction of sp³-hybridized carbons (Fsp3) is 0.375. The van der Waals surface area contributed by atoms with Gasteiger partial charge in [0, 0.05) is 43.6 Å². The molecule has 1 aromatic carbocycles. The molecule has 0 aliphatic heterocycles. The van der Waals surface area contributed by atoms with Gasteiger partial charge in [0.2, 0.25) is 5.91 Å². The van der Waals surface area contributed by atoms with Gasteiger partial charge in [-0.15, -0.1) is 0 Å². The summed E-state index contributed by atoms with van der Waals surface area (Å²) in [5.74, 6) is 0.828. The van der Waals surface area contributed by atoms with E-state index in [1.807, 2.05) is 56.4 Å². The third-order valence-electron chi connectivity index (χ3n) is 5.16. The largest absolute Gasteiger partial charge is 0.489 e. The van der Waals surface area contributed by atoms with E-state index in [9.17, 15) is 4.79 Å². The summed E-state index contributed by atoms with van der Waals surface area (Å²) in [4.78, 5) is 16.3. The highest BCUT2D eigenvalue weighted by Crippen LogP contribution is 2.14. The lowest BCUT2D eigenvalue weighted by molar-refractivity contribution is -0.124. The van der Waals surface area contributed by atoms with E-state index in [0.717, 1.165) is 35.4 Å². The second-order valence-electron chi connectivity index (χ2n) is 7.73. The van der Waals surface area contributed by atoms with Gasteiger partial charge in [0.05, 0.1) is 6.20 Å². The van der Waals surface area contributed by atoms with E-state index in [1.54, 1.807) is 12.4 Å². The molecule has 0 saturated heterocycles. The minimum atomic E-state index is -0.0846. The standard InChI is InChI=1S/C24H31N5O2/c1-18(24(30)27-11-3-4-22-16-28-29-19(22)2)14-26-15-20-5-7-23(8-6-20)31-17-21-9-12-25-13-10-21/h5-10,12-13,16,18,26H,3-4,11,14-15,17H2,1-2H3,(H,27,30)(H,28,29). The van der Waals surface area contributed by atoms with Gasteiger partial charge in [-0.05, 0) is 60.7 Å². The second kappa shape index (κ2) is 11.9. The van der Waals surface area contributed by atoms with Gasteiger partial charge < -0.3 is 15.4 Å². The van der Waals surface area contributed by atoms with Gasteiger partial charge in [-0.1, -0.05) is 19.1 Å². The van der Waals surface area contributed by atoms with Gasteiger partial charge in [-0.2, -0.15) is 5.10 Å². The monoisotopic (exact) mass is 421 g/mol. The molecule has 1 amide bonds. The summed E-state index contributed by atoms with van der Waals surface area (Å²) in [7, 11) is 0. The molecular formula is C24H31N5O2. The Hall–Kier alpha value is -3.19. The molecular weight excluding hydrogens is 390 g/mol. The molecule has 0 spiro atoms. The van der Waals surface area contributed by atoms with E-state index < -0.39 is 0 Å². The van der Waals surface area contributed by atoms with Crippen LogP contribution in [-0.2, 0) is 24.4 Å². The number of carbonyl (C=O) groups is 1. The van der Waals surface area contributed by atoms with Crippen molar-refractivity contribution in [1.82, 2.24) is 25.8 Å². The SMILES string of the molecule is Cc1[nH]ncc1CCCNC(=O)C(C)CNCc1ccc(OCc2ccncc2)cc1. The molecule has 0 saturated carbocycles. The Balaban J connectivity index is 1.29. The Labute approximate surface area is 183 Å². The first-order chi connectivity index (χ1) is 15.1. The molecule has 1 unspecified atom stereocenters. The van der Waals surface area contributed by atoms with E-state index in [2.05, 4.69) is 25.8 Å². The van der Waals surface area contributed by atoms with E-state index in [-0.39, 0.29) is 11.8 Å². The molecule has 31 heavy (non-hydrogen) atoms. The molecule has 7 nitrogen and oxygen atoms in total. The number of hydrogen-bond acceptors (Lipinski definition) is 5. The van der Waals surface area contributed by atoms with Gasteiger partial charge in [0.25, 0.3) is 0 Å².